The van der Waals surface area contributed by atoms with Crippen LogP contribution in [0, 0.1) is 24.7 Å². The SMILES string of the molecule is CCOc1ccccc1N1C[C@H](C(=O)Oc2ccc(N3C(=O)[C@@H]4C5c6ccccc6C(c6ccccc65)[C@@H]4C3=O)c(C)c2)CC1=O. The molecule has 3 aliphatic carbocycles. The van der Waals surface area contributed by atoms with Crippen LogP contribution in [0.2, 0.25) is 0 Å². The highest BCUT2D eigenvalue weighted by molar-refractivity contribution is 6.23. The number of amides is 3. The van der Waals surface area contributed by atoms with Crippen LogP contribution in [0.1, 0.15) is 53.0 Å². The van der Waals surface area contributed by atoms with Gasteiger partial charge in [-0.2, -0.15) is 0 Å². The first-order chi connectivity index (χ1) is 22.4. The van der Waals surface area contributed by atoms with Crippen molar-refractivity contribution in [2.24, 2.45) is 17.8 Å². The van der Waals surface area contributed by atoms with Gasteiger partial charge in [0.15, 0.2) is 0 Å². The summed E-state index contributed by atoms with van der Waals surface area (Å²) in [7, 11) is 0. The molecule has 2 fully saturated rings. The van der Waals surface area contributed by atoms with E-state index >= 15 is 0 Å². The first kappa shape index (κ1) is 28.2. The van der Waals surface area contributed by atoms with E-state index in [2.05, 4.69) is 24.3 Å². The summed E-state index contributed by atoms with van der Waals surface area (Å²) in [5, 5.41) is 0. The first-order valence-corrected chi connectivity index (χ1v) is 15.8. The summed E-state index contributed by atoms with van der Waals surface area (Å²) in [6.45, 7) is 4.32. The van der Waals surface area contributed by atoms with E-state index in [4.69, 9.17) is 9.47 Å². The molecule has 46 heavy (non-hydrogen) atoms. The third-order valence-electron chi connectivity index (χ3n) is 9.99. The maximum Gasteiger partial charge on any atom is 0.316 e. The minimum atomic E-state index is -0.647. The van der Waals surface area contributed by atoms with Crippen LogP contribution in [0.5, 0.6) is 11.5 Å². The monoisotopic (exact) mass is 612 g/mol. The van der Waals surface area contributed by atoms with Gasteiger partial charge in [-0.1, -0.05) is 60.7 Å². The van der Waals surface area contributed by atoms with Gasteiger partial charge >= 0.3 is 5.97 Å². The Bertz CT molecular complexity index is 1840. The normalized spacial score (nSPS) is 24.1. The quantitative estimate of drug-likeness (QED) is 0.157. The minimum Gasteiger partial charge on any atom is -0.492 e. The number of aryl methyl sites for hydroxylation is 1. The van der Waals surface area contributed by atoms with Gasteiger partial charge in [0.25, 0.3) is 0 Å². The topological polar surface area (TPSA) is 93.2 Å². The zero-order chi connectivity index (χ0) is 31.7. The molecule has 3 atom stereocenters. The number of hydrogen-bond acceptors (Lipinski definition) is 6. The smallest absolute Gasteiger partial charge is 0.316 e. The fourth-order valence-corrected chi connectivity index (χ4v) is 8.11. The molecule has 2 heterocycles. The van der Waals surface area contributed by atoms with Crippen molar-refractivity contribution in [2.45, 2.75) is 32.1 Å². The summed E-state index contributed by atoms with van der Waals surface area (Å²) in [6, 6.07) is 28.6. The number of anilines is 2. The van der Waals surface area contributed by atoms with Gasteiger partial charge in [0.2, 0.25) is 17.7 Å². The Labute approximate surface area is 266 Å². The number of esters is 1. The Hall–Kier alpha value is -5.24. The molecule has 0 saturated carbocycles. The van der Waals surface area contributed by atoms with E-state index in [1.165, 1.54) is 4.90 Å². The molecule has 0 spiro atoms. The molecule has 2 saturated heterocycles. The van der Waals surface area contributed by atoms with Gasteiger partial charge < -0.3 is 14.4 Å². The van der Waals surface area contributed by atoms with Crippen molar-refractivity contribution in [2.75, 3.05) is 23.0 Å². The Morgan fingerprint density at radius 2 is 1.33 bits per heavy atom. The minimum absolute atomic E-state index is 0.0308. The average molecular weight is 613 g/mol. The van der Waals surface area contributed by atoms with Crippen molar-refractivity contribution < 1.29 is 28.7 Å². The Kier molecular flexibility index (Phi) is 6.56. The molecule has 5 aliphatic rings. The highest BCUT2D eigenvalue weighted by Crippen LogP contribution is 2.61. The molecule has 9 rings (SSSR count). The van der Waals surface area contributed by atoms with Crippen LogP contribution in [-0.4, -0.2) is 36.8 Å². The number of carbonyl (C=O) groups is 4. The molecule has 8 heteroatoms. The van der Waals surface area contributed by atoms with Crippen molar-refractivity contribution >= 4 is 35.1 Å². The lowest BCUT2D eigenvalue weighted by Gasteiger charge is -2.45. The lowest BCUT2D eigenvalue weighted by molar-refractivity contribution is -0.139. The predicted molar refractivity (Wildman–Crippen MR) is 171 cm³/mol. The van der Waals surface area contributed by atoms with Crippen molar-refractivity contribution in [3.63, 3.8) is 0 Å². The average Bonchev–Trinajstić information content (AvgIpc) is 3.58. The van der Waals surface area contributed by atoms with Gasteiger partial charge in [0.05, 0.1) is 35.7 Å². The maximum atomic E-state index is 14.2. The number of ether oxygens (including phenoxy) is 2. The zero-order valence-electron chi connectivity index (χ0n) is 25.5. The molecule has 2 aliphatic heterocycles. The van der Waals surface area contributed by atoms with Gasteiger partial charge in [-0.3, -0.25) is 19.2 Å². The van der Waals surface area contributed by atoms with Crippen LogP contribution in [0.3, 0.4) is 0 Å². The molecule has 0 unspecified atom stereocenters. The molecule has 0 radical (unpaired) electrons. The summed E-state index contributed by atoms with van der Waals surface area (Å²) in [5.74, 6) is -2.16. The van der Waals surface area contributed by atoms with Crippen LogP contribution in [0.15, 0.2) is 91.0 Å². The predicted octanol–water partition coefficient (Wildman–Crippen LogP) is 5.75. The van der Waals surface area contributed by atoms with E-state index < -0.39 is 23.7 Å². The van der Waals surface area contributed by atoms with E-state index in [1.54, 1.807) is 42.2 Å². The lowest BCUT2D eigenvalue weighted by Crippen LogP contribution is -2.41. The summed E-state index contributed by atoms with van der Waals surface area (Å²) < 4.78 is 11.4. The molecule has 4 aromatic rings. The summed E-state index contributed by atoms with van der Waals surface area (Å²) >= 11 is 0. The summed E-state index contributed by atoms with van der Waals surface area (Å²) in [5.41, 5.74) is 6.26. The van der Waals surface area contributed by atoms with Gasteiger partial charge in [-0.05, 0) is 72.0 Å². The van der Waals surface area contributed by atoms with Crippen LogP contribution in [0.25, 0.3) is 0 Å². The van der Waals surface area contributed by atoms with Crippen LogP contribution in [0.4, 0.5) is 11.4 Å². The molecule has 8 nitrogen and oxygen atoms in total. The van der Waals surface area contributed by atoms with Crippen molar-refractivity contribution in [3.8, 4) is 11.5 Å². The molecule has 0 aromatic heterocycles. The van der Waals surface area contributed by atoms with Gasteiger partial charge in [0, 0.05) is 24.8 Å². The highest BCUT2D eigenvalue weighted by Gasteiger charge is 2.61. The molecule has 4 aromatic carbocycles. The molecular weight excluding hydrogens is 580 g/mol. The highest BCUT2D eigenvalue weighted by atomic mass is 16.5. The fourth-order valence-electron chi connectivity index (χ4n) is 8.11. The second-order valence-corrected chi connectivity index (χ2v) is 12.5. The molecule has 3 amide bonds. The van der Waals surface area contributed by atoms with Crippen molar-refractivity contribution in [1.29, 1.82) is 0 Å². The molecule has 2 bridgehead atoms. The number of nitrogens with zero attached hydrogens (tertiary/aromatic N) is 2. The summed E-state index contributed by atoms with van der Waals surface area (Å²) in [4.78, 5) is 57.4. The van der Waals surface area contributed by atoms with E-state index in [0.717, 1.165) is 22.3 Å². The number of imide groups is 1. The van der Waals surface area contributed by atoms with Gasteiger partial charge in [0.1, 0.15) is 11.5 Å². The van der Waals surface area contributed by atoms with Crippen molar-refractivity contribution in [3.05, 3.63) is 119 Å². The van der Waals surface area contributed by atoms with Gasteiger partial charge in [-0.15, -0.1) is 0 Å². The third kappa shape index (κ3) is 4.12. The second kappa shape index (κ2) is 10.7. The number of rotatable bonds is 6. The Balaban J connectivity index is 1.03. The van der Waals surface area contributed by atoms with E-state index in [-0.39, 0.29) is 42.5 Å². The number of carbonyl (C=O) groups excluding carboxylic acids is 4. The summed E-state index contributed by atoms with van der Waals surface area (Å²) in [6.07, 6.45) is 0.0308. The van der Waals surface area contributed by atoms with E-state index in [0.29, 0.717) is 35.0 Å². The van der Waals surface area contributed by atoms with Crippen LogP contribution in [-0.2, 0) is 19.2 Å². The number of benzene rings is 4. The fraction of sp³-hybridized carbons (Fsp3) is 0.263. The maximum absolute atomic E-state index is 14.2. The first-order valence-electron chi connectivity index (χ1n) is 15.8. The van der Waals surface area contributed by atoms with E-state index in [9.17, 15) is 19.2 Å². The van der Waals surface area contributed by atoms with Crippen LogP contribution >= 0.6 is 0 Å². The van der Waals surface area contributed by atoms with E-state index in [1.807, 2.05) is 43.3 Å². The molecular formula is C38H32N2O6. The number of hydrogen-bond donors (Lipinski definition) is 0. The third-order valence-corrected chi connectivity index (χ3v) is 9.99. The van der Waals surface area contributed by atoms with Gasteiger partial charge in [-0.25, -0.2) is 4.90 Å². The second-order valence-electron chi connectivity index (χ2n) is 12.5. The zero-order valence-corrected chi connectivity index (χ0v) is 25.5. The lowest BCUT2D eigenvalue weighted by atomic mass is 9.55. The number of para-hydroxylation sites is 2. The molecule has 0 N–H and O–H groups in total. The molecule has 230 valence electrons. The standard InChI is InChI=1S/C38H32N2O6/c1-3-45-30-15-9-8-14-29(30)39-20-22(19-31(39)41)38(44)46-23-16-17-28(21(2)18-23)40-36(42)34-32-24-10-4-5-11-25(24)33(35(34)37(40)43)27-13-7-6-12-26(27)32/h4-18,22,32-35H,3,19-20H2,1-2H3/t22-,32?,33?,34-,35+/m1/s1. The Morgan fingerprint density at radius 3 is 1.89 bits per heavy atom. The largest absolute Gasteiger partial charge is 0.492 e. The van der Waals surface area contributed by atoms with Crippen molar-refractivity contribution in [1.82, 2.24) is 0 Å². The van der Waals surface area contributed by atoms with Crippen LogP contribution < -0.4 is 19.3 Å². The Morgan fingerprint density at radius 1 is 0.761 bits per heavy atom.